The van der Waals surface area contributed by atoms with Crippen LogP contribution in [0.15, 0.2) is 70.3 Å². The van der Waals surface area contributed by atoms with E-state index in [0.29, 0.717) is 30.0 Å². The fourth-order valence-corrected chi connectivity index (χ4v) is 4.29. The zero-order valence-corrected chi connectivity index (χ0v) is 19.1. The molecule has 0 bridgehead atoms. The number of amides is 1. The second kappa shape index (κ2) is 9.50. The zero-order chi connectivity index (χ0) is 23.5. The van der Waals surface area contributed by atoms with E-state index in [4.69, 9.17) is 9.15 Å². The third-order valence-electron chi connectivity index (χ3n) is 6.16. The number of carbonyl (C=O) groups excluding carboxylic acids is 2. The zero-order valence-electron chi connectivity index (χ0n) is 19.1. The number of likely N-dealkylation sites (N-methyl/N-ethyl adjacent to an activating group) is 1. The fraction of sp³-hybridized carbons (Fsp3) is 0.308. The molecule has 1 amide bonds. The van der Waals surface area contributed by atoms with Crippen LogP contribution in [0.2, 0.25) is 0 Å². The lowest BCUT2D eigenvalue weighted by Gasteiger charge is -2.29. The molecule has 3 aromatic rings. The monoisotopic (exact) mass is 448 g/mol. The van der Waals surface area contributed by atoms with Crippen LogP contribution in [0.25, 0.3) is 11.0 Å². The minimum absolute atomic E-state index is 0.0202. The van der Waals surface area contributed by atoms with E-state index in [1.165, 1.54) is 0 Å². The number of aliphatic hydroxyl groups is 1. The van der Waals surface area contributed by atoms with Crippen molar-refractivity contribution in [2.75, 3.05) is 33.3 Å². The van der Waals surface area contributed by atoms with Crippen molar-refractivity contribution in [3.8, 4) is 5.75 Å². The van der Waals surface area contributed by atoms with Crippen molar-refractivity contribution in [2.45, 2.75) is 19.9 Å². The molecule has 0 unspecified atom stereocenters. The molecule has 0 saturated heterocycles. The number of aliphatic hydroxyl groups excluding tert-OH is 1. The van der Waals surface area contributed by atoms with Crippen LogP contribution in [0.4, 0.5) is 0 Å². The molecule has 2 heterocycles. The van der Waals surface area contributed by atoms with E-state index in [9.17, 15) is 14.7 Å². The van der Waals surface area contributed by atoms with Gasteiger partial charge in [-0.1, -0.05) is 44.2 Å². The third-order valence-corrected chi connectivity index (χ3v) is 6.16. The minimum atomic E-state index is -0.746. The Kier molecular flexibility index (Phi) is 6.51. The molecule has 7 heteroatoms. The van der Waals surface area contributed by atoms with E-state index in [1.807, 2.05) is 24.3 Å². The predicted molar refractivity (Wildman–Crippen MR) is 125 cm³/mol. The van der Waals surface area contributed by atoms with Crippen molar-refractivity contribution >= 4 is 22.7 Å². The summed E-state index contributed by atoms with van der Waals surface area (Å²) in [5.41, 5.74) is 1.28. The number of methoxy groups -OCH3 is 1. The van der Waals surface area contributed by atoms with Gasteiger partial charge < -0.3 is 24.1 Å². The molecule has 0 aliphatic carbocycles. The third kappa shape index (κ3) is 4.24. The Morgan fingerprint density at radius 1 is 1.12 bits per heavy atom. The maximum Gasteiger partial charge on any atom is 0.290 e. The van der Waals surface area contributed by atoms with E-state index < -0.39 is 23.5 Å². The number of fused-ring (bicyclic) bond motifs is 1. The second-order valence-electron chi connectivity index (χ2n) is 7.94. The number of nitrogens with zero attached hydrogens (tertiary/aromatic N) is 2. The lowest BCUT2D eigenvalue weighted by atomic mass is 9.95. The summed E-state index contributed by atoms with van der Waals surface area (Å²) >= 11 is 0. The lowest BCUT2D eigenvalue weighted by molar-refractivity contribution is -0.129. The predicted octanol–water partition coefficient (Wildman–Crippen LogP) is 4.36. The van der Waals surface area contributed by atoms with Crippen LogP contribution in [0.3, 0.4) is 0 Å². The van der Waals surface area contributed by atoms with Crippen molar-refractivity contribution in [3.05, 3.63) is 77.3 Å². The first-order valence-electron chi connectivity index (χ1n) is 11.1. The summed E-state index contributed by atoms with van der Waals surface area (Å²) in [5.74, 6) is -0.910. The summed E-state index contributed by atoms with van der Waals surface area (Å²) in [6, 6.07) is 15.4. The quantitative estimate of drug-likeness (QED) is 0.490. The number of ketones is 1. The lowest BCUT2D eigenvalue weighted by Crippen LogP contribution is -2.38. The molecular formula is C26H28N2O5. The van der Waals surface area contributed by atoms with Gasteiger partial charge in [-0.05, 0) is 42.9 Å². The molecule has 7 nitrogen and oxygen atoms in total. The van der Waals surface area contributed by atoms with Gasteiger partial charge in [-0.15, -0.1) is 0 Å². The van der Waals surface area contributed by atoms with Gasteiger partial charge in [0.05, 0.1) is 18.7 Å². The van der Waals surface area contributed by atoms with Gasteiger partial charge in [-0.25, -0.2) is 0 Å². The van der Waals surface area contributed by atoms with Gasteiger partial charge in [0.15, 0.2) is 11.5 Å². The average molecular weight is 449 g/mol. The van der Waals surface area contributed by atoms with Gasteiger partial charge >= 0.3 is 0 Å². The summed E-state index contributed by atoms with van der Waals surface area (Å²) in [6.07, 6.45) is 0. The molecule has 1 atom stereocenters. The number of carbonyl (C=O) groups is 2. The van der Waals surface area contributed by atoms with Gasteiger partial charge in [0, 0.05) is 18.5 Å². The number of benzene rings is 2. The Balaban J connectivity index is 1.76. The van der Waals surface area contributed by atoms with Crippen LogP contribution in [0, 0.1) is 0 Å². The molecule has 0 radical (unpaired) electrons. The highest BCUT2D eigenvalue weighted by Crippen LogP contribution is 2.40. The van der Waals surface area contributed by atoms with Crippen molar-refractivity contribution in [1.29, 1.82) is 0 Å². The second-order valence-corrected chi connectivity index (χ2v) is 7.94. The molecule has 0 fully saturated rings. The van der Waals surface area contributed by atoms with Crippen LogP contribution in [-0.2, 0) is 4.79 Å². The fourth-order valence-electron chi connectivity index (χ4n) is 4.29. The van der Waals surface area contributed by atoms with Gasteiger partial charge in [-0.3, -0.25) is 9.59 Å². The largest absolute Gasteiger partial charge is 0.503 e. The topological polar surface area (TPSA) is 83.2 Å². The Bertz CT molecular complexity index is 1180. The highest BCUT2D eigenvalue weighted by atomic mass is 16.5. The molecule has 4 rings (SSSR count). The number of Topliss-reactive ketones (excluding diaryl/α,β-unsaturated/α-hetero) is 1. The van der Waals surface area contributed by atoms with Crippen molar-refractivity contribution in [3.63, 3.8) is 0 Å². The van der Waals surface area contributed by atoms with E-state index >= 15 is 0 Å². The molecule has 172 valence electrons. The molecule has 2 aromatic carbocycles. The first-order chi connectivity index (χ1) is 16.0. The smallest absolute Gasteiger partial charge is 0.290 e. The Morgan fingerprint density at radius 3 is 2.58 bits per heavy atom. The molecule has 1 N–H and O–H groups in total. The van der Waals surface area contributed by atoms with E-state index in [2.05, 4.69) is 18.7 Å². The molecule has 0 saturated carbocycles. The van der Waals surface area contributed by atoms with E-state index in [0.717, 1.165) is 18.5 Å². The Morgan fingerprint density at radius 2 is 1.88 bits per heavy atom. The summed E-state index contributed by atoms with van der Waals surface area (Å²) in [7, 11) is 1.56. The van der Waals surface area contributed by atoms with Crippen molar-refractivity contribution < 1.29 is 23.8 Å². The van der Waals surface area contributed by atoms with Gasteiger partial charge in [-0.2, -0.15) is 0 Å². The average Bonchev–Trinajstić information content (AvgIpc) is 3.39. The summed E-state index contributed by atoms with van der Waals surface area (Å²) in [5, 5.41) is 11.6. The van der Waals surface area contributed by atoms with Crippen molar-refractivity contribution in [2.24, 2.45) is 0 Å². The van der Waals surface area contributed by atoms with Gasteiger partial charge in [0.1, 0.15) is 11.3 Å². The maximum absolute atomic E-state index is 13.6. The standard InChI is InChI=1S/C26H28N2O5/c1-4-27(5-2)13-14-28-23(18-10-8-11-19(15-18)32-3)22(25(30)26(28)31)24(29)21-16-17-9-6-7-12-20(17)33-21/h6-12,15-16,23,30H,4-5,13-14H2,1-3H3/t23-/m0/s1. The SMILES string of the molecule is CCN(CC)CCN1C(=O)C(O)=C(C(=O)c2cc3ccccc3o2)[C@@H]1c1cccc(OC)c1. The highest BCUT2D eigenvalue weighted by Gasteiger charge is 2.44. The Hall–Kier alpha value is -3.58. The van der Waals surface area contributed by atoms with E-state index in [1.54, 1.807) is 42.3 Å². The summed E-state index contributed by atoms with van der Waals surface area (Å²) < 4.78 is 11.1. The normalized spacial score (nSPS) is 16.3. The molecular weight excluding hydrogens is 420 g/mol. The van der Waals surface area contributed by atoms with Crippen LogP contribution < -0.4 is 4.74 Å². The van der Waals surface area contributed by atoms with Crippen LogP contribution in [-0.4, -0.2) is 59.9 Å². The Labute approximate surface area is 192 Å². The first-order valence-corrected chi connectivity index (χ1v) is 11.1. The molecule has 0 spiro atoms. The van der Waals surface area contributed by atoms with Gasteiger partial charge in [0.25, 0.3) is 5.91 Å². The van der Waals surface area contributed by atoms with Crippen LogP contribution >= 0.6 is 0 Å². The van der Waals surface area contributed by atoms with Crippen molar-refractivity contribution in [1.82, 2.24) is 9.80 Å². The molecule has 1 aromatic heterocycles. The summed E-state index contributed by atoms with van der Waals surface area (Å²) in [4.78, 5) is 30.5. The number of hydrogen-bond acceptors (Lipinski definition) is 6. The molecule has 33 heavy (non-hydrogen) atoms. The number of ether oxygens (including phenoxy) is 1. The first kappa shape index (κ1) is 22.6. The molecule has 1 aliphatic heterocycles. The number of furan rings is 1. The van der Waals surface area contributed by atoms with Crippen LogP contribution in [0.5, 0.6) is 5.75 Å². The van der Waals surface area contributed by atoms with Crippen LogP contribution in [0.1, 0.15) is 36.0 Å². The number of hydrogen-bond donors (Lipinski definition) is 1. The number of rotatable bonds is 9. The van der Waals surface area contributed by atoms with Gasteiger partial charge in [0.2, 0.25) is 5.78 Å². The highest BCUT2D eigenvalue weighted by molar-refractivity contribution is 6.16. The summed E-state index contributed by atoms with van der Waals surface area (Å²) in [6.45, 7) is 6.78. The minimum Gasteiger partial charge on any atom is -0.503 e. The maximum atomic E-state index is 13.6. The molecule has 1 aliphatic rings. The van der Waals surface area contributed by atoms with E-state index in [-0.39, 0.29) is 11.3 Å². The number of para-hydroxylation sites is 1.